The Labute approximate surface area is 152 Å². The number of hydrogen-bond donors (Lipinski definition) is 1. The lowest BCUT2D eigenvalue weighted by molar-refractivity contribution is 0.102. The van der Waals surface area contributed by atoms with E-state index in [-0.39, 0.29) is 10.5 Å². The highest BCUT2D eigenvalue weighted by Crippen LogP contribution is 2.25. The Balaban J connectivity index is 1.92. The average Bonchev–Trinajstić information content (AvgIpc) is 2.64. The molecule has 2 aromatic carbocycles. The lowest BCUT2D eigenvalue weighted by Crippen LogP contribution is -2.36. The summed E-state index contributed by atoms with van der Waals surface area (Å²) in [4.78, 5) is 12.7. The van der Waals surface area contributed by atoms with E-state index >= 15 is 0 Å². The second-order valence-electron chi connectivity index (χ2n) is 6.37. The molecule has 0 radical (unpaired) electrons. The Bertz CT molecular complexity index is 922. The number of anilines is 1. The van der Waals surface area contributed by atoms with Crippen molar-refractivity contribution in [3.8, 4) is 0 Å². The van der Waals surface area contributed by atoms with Gasteiger partial charge in [0.2, 0.25) is 10.0 Å². The van der Waals surface area contributed by atoms with Gasteiger partial charge in [-0.2, -0.15) is 4.31 Å². The SMILES string of the molecule is Cc1cc(F)ccc1NC(=O)c1ccccc1S(=O)(=O)N1CCCCC1. The van der Waals surface area contributed by atoms with Gasteiger partial charge in [-0.1, -0.05) is 18.6 Å². The number of piperidine rings is 1. The van der Waals surface area contributed by atoms with E-state index in [9.17, 15) is 17.6 Å². The smallest absolute Gasteiger partial charge is 0.257 e. The first kappa shape index (κ1) is 18.5. The summed E-state index contributed by atoms with van der Waals surface area (Å²) in [6.07, 6.45) is 2.66. The first-order valence-electron chi connectivity index (χ1n) is 8.56. The van der Waals surface area contributed by atoms with Crippen LogP contribution in [0.15, 0.2) is 47.4 Å². The molecular weight excluding hydrogens is 355 g/mol. The van der Waals surface area contributed by atoms with E-state index in [1.807, 2.05) is 0 Å². The zero-order valence-electron chi connectivity index (χ0n) is 14.5. The Morgan fingerprint density at radius 1 is 1.08 bits per heavy atom. The van der Waals surface area contributed by atoms with Gasteiger partial charge in [-0.25, -0.2) is 12.8 Å². The molecule has 0 bridgehead atoms. The van der Waals surface area contributed by atoms with Crippen LogP contribution in [0.2, 0.25) is 0 Å². The zero-order chi connectivity index (χ0) is 18.7. The van der Waals surface area contributed by atoms with Crippen LogP contribution in [0.1, 0.15) is 35.2 Å². The number of halogens is 1. The number of hydrogen-bond acceptors (Lipinski definition) is 3. The molecule has 26 heavy (non-hydrogen) atoms. The summed E-state index contributed by atoms with van der Waals surface area (Å²) < 4.78 is 40.6. The van der Waals surface area contributed by atoms with Crippen LogP contribution < -0.4 is 5.32 Å². The summed E-state index contributed by atoms with van der Waals surface area (Å²) in [5.74, 6) is -0.926. The molecule has 1 saturated heterocycles. The monoisotopic (exact) mass is 376 g/mol. The third-order valence-electron chi connectivity index (χ3n) is 4.50. The van der Waals surface area contributed by atoms with Crippen LogP contribution in [0.5, 0.6) is 0 Å². The van der Waals surface area contributed by atoms with E-state index in [1.54, 1.807) is 19.1 Å². The van der Waals surface area contributed by atoms with E-state index < -0.39 is 21.7 Å². The number of nitrogens with zero attached hydrogens (tertiary/aromatic N) is 1. The van der Waals surface area contributed by atoms with E-state index in [4.69, 9.17) is 0 Å². The molecule has 1 N–H and O–H groups in total. The summed E-state index contributed by atoms with van der Waals surface area (Å²) in [5, 5.41) is 2.68. The highest BCUT2D eigenvalue weighted by atomic mass is 32.2. The van der Waals surface area contributed by atoms with Crippen molar-refractivity contribution in [2.45, 2.75) is 31.1 Å². The van der Waals surface area contributed by atoms with Gasteiger partial charge in [0.1, 0.15) is 5.82 Å². The summed E-state index contributed by atoms with van der Waals surface area (Å²) in [5.41, 5.74) is 1.10. The average molecular weight is 376 g/mol. The molecule has 1 fully saturated rings. The first-order chi connectivity index (χ1) is 12.4. The number of rotatable bonds is 4. The Morgan fingerprint density at radius 3 is 2.46 bits per heavy atom. The fraction of sp³-hybridized carbons (Fsp3) is 0.316. The molecule has 3 rings (SSSR count). The molecule has 1 aliphatic rings. The predicted molar refractivity (Wildman–Crippen MR) is 98.1 cm³/mol. The van der Waals surface area contributed by atoms with Crippen LogP contribution in [0, 0.1) is 12.7 Å². The molecule has 7 heteroatoms. The lowest BCUT2D eigenvalue weighted by Gasteiger charge is -2.26. The standard InChI is InChI=1S/C19H21FN2O3S/c1-14-13-15(20)9-10-17(14)21-19(23)16-7-3-4-8-18(16)26(24,25)22-11-5-2-6-12-22/h3-4,7-10,13H,2,5-6,11-12H2,1H3,(H,21,23). The summed E-state index contributed by atoms with van der Waals surface area (Å²) >= 11 is 0. The largest absolute Gasteiger partial charge is 0.322 e. The predicted octanol–water partition coefficient (Wildman–Crippen LogP) is 3.56. The lowest BCUT2D eigenvalue weighted by atomic mass is 10.1. The molecule has 1 aliphatic heterocycles. The van der Waals surface area contributed by atoms with Crippen LogP contribution >= 0.6 is 0 Å². The maximum atomic E-state index is 13.2. The van der Waals surface area contributed by atoms with E-state index in [1.165, 1.54) is 34.6 Å². The van der Waals surface area contributed by atoms with E-state index in [2.05, 4.69) is 5.32 Å². The van der Waals surface area contributed by atoms with Crippen molar-refractivity contribution in [3.63, 3.8) is 0 Å². The molecule has 1 amide bonds. The highest BCUT2D eigenvalue weighted by Gasteiger charge is 2.29. The van der Waals surface area contributed by atoms with Gasteiger partial charge in [-0.3, -0.25) is 4.79 Å². The van der Waals surface area contributed by atoms with E-state index in [0.717, 1.165) is 19.3 Å². The van der Waals surface area contributed by atoms with Crippen LogP contribution in [0.4, 0.5) is 10.1 Å². The van der Waals surface area contributed by atoms with Crippen molar-refractivity contribution in [1.29, 1.82) is 0 Å². The molecule has 0 unspecified atom stereocenters. The molecule has 1 heterocycles. The van der Waals surface area contributed by atoms with Crippen molar-refractivity contribution >= 4 is 21.6 Å². The quantitative estimate of drug-likeness (QED) is 0.887. The minimum atomic E-state index is -3.73. The van der Waals surface area contributed by atoms with Crippen molar-refractivity contribution in [1.82, 2.24) is 4.31 Å². The maximum absolute atomic E-state index is 13.2. The number of amides is 1. The number of sulfonamides is 1. The van der Waals surface area contributed by atoms with Crippen molar-refractivity contribution < 1.29 is 17.6 Å². The van der Waals surface area contributed by atoms with Gasteiger partial charge < -0.3 is 5.32 Å². The molecule has 0 atom stereocenters. The second-order valence-corrected chi connectivity index (χ2v) is 8.28. The molecule has 0 saturated carbocycles. The van der Waals surface area contributed by atoms with Gasteiger partial charge in [0.25, 0.3) is 5.91 Å². The third-order valence-corrected chi connectivity index (χ3v) is 6.46. The van der Waals surface area contributed by atoms with Gasteiger partial charge in [0, 0.05) is 18.8 Å². The topological polar surface area (TPSA) is 66.5 Å². The van der Waals surface area contributed by atoms with Crippen molar-refractivity contribution in [3.05, 3.63) is 59.4 Å². The summed E-state index contributed by atoms with van der Waals surface area (Å²) in [6, 6.07) is 10.2. The Hall–Kier alpha value is -2.25. The summed E-state index contributed by atoms with van der Waals surface area (Å²) in [7, 11) is -3.73. The Kier molecular flexibility index (Phi) is 5.38. The number of nitrogens with one attached hydrogen (secondary N) is 1. The van der Waals surface area contributed by atoms with Gasteiger partial charge in [-0.15, -0.1) is 0 Å². The van der Waals surface area contributed by atoms with E-state index in [0.29, 0.717) is 24.3 Å². The van der Waals surface area contributed by atoms with Gasteiger partial charge in [0.15, 0.2) is 0 Å². The molecule has 0 aliphatic carbocycles. The fourth-order valence-electron chi connectivity index (χ4n) is 3.08. The Morgan fingerprint density at radius 2 is 1.77 bits per heavy atom. The van der Waals surface area contributed by atoms with Crippen molar-refractivity contribution in [2.75, 3.05) is 18.4 Å². The maximum Gasteiger partial charge on any atom is 0.257 e. The molecule has 5 nitrogen and oxygen atoms in total. The van der Waals surface area contributed by atoms with Gasteiger partial charge in [0.05, 0.1) is 10.5 Å². The minimum Gasteiger partial charge on any atom is -0.322 e. The van der Waals surface area contributed by atoms with Crippen molar-refractivity contribution in [2.24, 2.45) is 0 Å². The van der Waals surface area contributed by atoms with Gasteiger partial charge >= 0.3 is 0 Å². The van der Waals surface area contributed by atoms with Crippen LogP contribution in [0.3, 0.4) is 0 Å². The molecule has 0 aromatic heterocycles. The number of benzene rings is 2. The molecule has 2 aromatic rings. The third kappa shape index (κ3) is 3.78. The normalized spacial score (nSPS) is 15.6. The minimum absolute atomic E-state index is 0.000773. The van der Waals surface area contributed by atoms with Crippen LogP contribution in [0.25, 0.3) is 0 Å². The first-order valence-corrected chi connectivity index (χ1v) is 10.0. The van der Waals surface area contributed by atoms with Gasteiger partial charge in [-0.05, 0) is 55.7 Å². The number of carbonyl (C=O) groups excluding carboxylic acids is 1. The fourth-order valence-corrected chi connectivity index (χ4v) is 4.79. The number of aryl methyl sites for hydroxylation is 1. The van der Waals surface area contributed by atoms with Crippen LogP contribution in [-0.4, -0.2) is 31.7 Å². The number of carbonyl (C=O) groups is 1. The zero-order valence-corrected chi connectivity index (χ0v) is 15.4. The molecular formula is C19H21FN2O3S. The molecule has 138 valence electrons. The molecule has 0 spiro atoms. The summed E-state index contributed by atoms with van der Waals surface area (Å²) in [6.45, 7) is 2.61. The second kappa shape index (κ2) is 7.55. The highest BCUT2D eigenvalue weighted by molar-refractivity contribution is 7.89. The van der Waals surface area contributed by atoms with Crippen LogP contribution in [-0.2, 0) is 10.0 Å².